The van der Waals surface area contributed by atoms with Crippen molar-refractivity contribution in [2.75, 3.05) is 0 Å². The number of hydrogen-bond donors (Lipinski definition) is 2. The Morgan fingerprint density at radius 2 is 2.32 bits per heavy atom. The van der Waals surface area contributed by atoms with Gasteiger partial charge in [0.05, 0.1) is 10.6 Å². The van der Waals surface area contributed by atoms with Crippen LogP contribution in [0.2, 0.25) is 5.02 Å². The average molecular weight is 320 g/mol. The molecule has 1 saturated carbocycles. The lowest BCUT2D eigenvalue weighted by Crippen LogP contribution is -2.35. The van der Waals surface area contributed by atoms with Crippen LogP contribution >= 0.6 is 11.6 Å². The number of hydrogen-bond acceptors (Lipinski definition) is 2. The van der Waals surface area contributed by atoms with Crippen LogP contribution < -0.4 is 0 Å². The topological polar surface area (TPSA) is 53.1 Å². The lowest BCUT2D eigenvalue weighted by Gasteiger charge is -2.35. The molecule has 22 heavy (non-hydrogen) atoms. The highest BCUT2D eigenvalue weighted by Gasteiger charge is 2.33. The zero-order chi connectivity index (χ0) is 15.7. The smallest absolute Gasteiger partial charge is 0.165 e. The van der Waals surface area contributed by atoms with E-state index in [-0.39, 0.29) is 5.78 Å². The first-order chi connectivity index (χ1) is 10.5. The number of halogens is 1. The van der Waals surface area contributed by atoms with Crippen LogP contribution in [0.25, 0.3) is 10.9 Å². The summed E-state index contributed by atoms with van der Waals surface area (Å²) in [5.74, 6) is 0.586. The van der Waals surface area contributed by atoms with Crippen molar-refractivity contribution < 1.29 is 9.90 Å². The summed E-state index contributed by atoms with van der Waals surface area (Å²) in [4.78, 5) is 15.6. The van der Waals surface area contributed by atoms with Gasteiger partial charge in [-0.2, -0.15) is 0 Å². The number of aliphatic hydroxyl groups is 1. The molecule has 2 unspecified atom stereocenters. The molecule has 2 atom stereocenters. The third kappa shape index (κ3) is 3.06. The lowest BCUT2D eigenvalue weighted by molar-refractivity contribution is -0.0204. The van der Waals surface area contributed by atoms with Crippen LogP contribution in [0.1, 0.15) is 55.8 Å². The number of rotatable bonds is 4. The van der Waals surface area contributed by atoms with E-state index in [1.54, 1.807) is 12.3 Å². The van der Waals surface area contributed by atoms with Gasteiger partial charge in [-0.1, -0.05) is 37.4 Å². The fourth-order valence-corrected chi connectivity index (χ4v) is 3.98. The molecule has 0 spiro atoms. The van der Waals surface area contributed by atoms with Gasteiger partial charge < -0.3 is 10.1 Å². The first-order valence-corrected chi connectivity index (χ1v) is 8.37. The zero-order valence-corrected chi connectivity index (χ0v) is 13.6. The van der Waals surface area contributed by atoms with Gasteiger partial charge in [0.1, 0.15) is 0 Å². The summed E-state index contributed by atoms with van der Waals surface area (Å²) < 4.78 is 0. The van der Waals surface area contributed by atoms with E-state index in [4.69, 9.17) is 11.6 Å². The van der Waals surface area contributed by atoms with Crippen LogP contribution in [0, 0.1) is 5.92 Å². The Balaban J connectivity index is 1.74. The Bertz CT molecular complexity index is 693. The highest BCUT2D eigenvalue weighted by Crippen LogP contribution is 2.36. The van der Waals surface area contributed by atoms with Crippen LogP contribution in [0.15, 0.2) is 24.4 Å². The number of aromatic amines is 1. The molecule has 0 saturated heterocycles. The summed E-state index contributed by atoms with van der Waals surface area (Å²) in [6, 6.07) is 5.57. The predicted molar refractivity (Wildman–Crippen MR) is 89.5 cm³/mol. The molecular weight excluding hydrogens is 298 g/mol. The highest BCUT2D eigenvalue weighted by atomic mass is 35.5. The van der Waals surface area contributed by atoms with E-state index in [0.717, 1.165) is 30.2 Å². The molecule has 0 aliphatic heterocycles. The number of H-pyrrole nitrogens is 1. The molecule has 0 bridgehead atoms. The second-order valence-corrected chi connectivity index (χ2v) is 7.12. The molecule has 1 aromatic carbocycles. The van der Waals surface area contributed by atoms with E-state index in [1.165, 1.54) is 6.42 Å². The Labute approximate surface area is 135 Å². The van der Waals surface area contributed by atoms with Crippen LogP contribution in [0.3, 0.4) is 0 Å². The van der Waals surface area contributed by atoms with Gasteiger partial charge in [-0.25, -0.2) is 0 Å². The molecule has 3 nitrogen and oxygen atoms in total. The molecule has 2 aromatic rings. The summed E-state index contributed by atoms with van der Waals surface area (Å²) in [6.07, 6.45) is 6.45. The lowest BCUT2D eigenvalue weighted by atomic mass is 9.76. The fraction of sp³-hybridized carbons (Fsp3) is 0.500. The van der Waals surface area contributed by atoms with Crippen LogP contribution in [-0.4, -0.2) is 21.5 Å². The number of carbonyl (C=O) groups is 1. The van der Waals surface area contributed by atoms with E-state index in [1.807, 2.05) is 12.1 Å². The third-order valence-electron chi connectivity index (χ3n) is 4.84. The highest BCUT2D eigenvalue weighted by molar-refractivity contribution is 6.36. The number of benzene rings is 1. The molecule has 3 rings (SSSR count). The van der Waals surface area contributed by atoms with Crippen molar-refractivity contribution in [3.63, 3.8) is 0 Å². The number of carbonyl (C=O) groups excluding carboxylic acids is 1. The SMILES string of the molecule is CC1CCCC(O)(CCC(=O)c2c[nH]c3cccc(Cl)c23)C1. The Kier molecular flexibility index (Phi) is 4.28. The largest absolute Gasteiger partial charge is 0.390 e. The summed E-state index contributed by atoms with van der Waals surface area (Å²) in [5, 5.41) is 12.0. The summed E-state index contributed by atoms with van der Waals surface area (Å²) in [5.41, 5.74) is 0.831. The Hall–Kier alpha value is -1.32. The van der Waals surface area contributed by atoms with Gasteiger partial charge in [0.2, 0.25) is 0 Å². The normalized spacial score (nSPS) is 25.5. The third-order valence-corrected chi connectivity index (χ3v) is 5.16. The minimum Gasteiger partial charge on any atom is -0.390 e. The van der Waals surface area contributed by atoms with Crippen LogP contribution in [0.4, 0.5) is 0 Å². The second kappa shape index (κ2) is 6.05. The maximum atomic E-state index is 12.5. The van der Waals surface area contributed by atoms with Gasteiger partial charge in [-0.3, -0.25) is 4.79 Å². The van der Waals surface area contributed by atoms with Gasteiger partial charge in [0.25, 0.3) is 0 Å². The van der Waals surface area contributed by atoms with E-state index < -0.39 is 5.60 Å². The van der Waals surface area contributed by atoms with Crippen molar-refractivity contribution in [1.82, 2.24) is 4.98 Å². The van der Waals surface area contributed by atoms with Gasteiger partial charge in [-0.05, 0) is 37.3 Å². The van der Waals surface area contributed by atoms with Crippen LogP contribution in [0.5, 0.6) is 0 Å². The molecule has 2 N–H and O–H groups in total. The monoisotopic (exact) mass is 319 g/mol. The van der Waals surface area contributed by atoms with Crippen LogP contribution in [-0.2, 0) is 0 Å². The van der Waals surface area contributed by atoms with Crippen molar-refractivity contribution in [3.05, 3.63) is 35.0 Å². The number of ketones is 1. The van der Waals surface area contributed by atoms with E-state index >= 15 is 0 Å². The molecule has 0 radical (unpaired) electrons. The maximum absolute atomic E-state index is 12.5. The number of fused-ring (bicyclic) bond motifs is 1. The summed E-state index contributed by atoms with van der Waals surface area (Å²) >= 11 is 6.22. The molecule has 118 valence electrons. The molecule has 1 aliphatic carbocycles. The maximum Gasteiger partial charge on any atom is 0.165 e. The van der Waals surface area contributed by atoms with Crippen molar-refractivity contribution in [3.8, 4) is 0 Å². The molecule has 1 heterocycles. The number of aromatic nitrogens is 1. The van der Waals surface area contributed by atoms with Gasteiger partial charge in [0, 0.05) is 29.1 Å². The van der Waals surface area contributed by atoms with Crippen molar-refractivity contribution >= 4 is 28.3 Å². The first kappa shape index (κ1) is 15.6. The predicted octanol–water partition coefficient (Wildman–Crippen LogP) is 4.73. The molecule has 1 aliphatic rings. The van der Waals surface area contributed by atoms with E-state index in [9.17, 15) is 9.90 Å². The fourth-order valence-electron chi connectivity index (χ4n) is 3.70. The van der Waals surface area contributed by atoms with Crippen molar-refractivity contribution in [2.45, 2.75) is 51.0 Å². The van der Waals surface area contributed by atoms with Gasteiger partial charge in [0.15, 0.2) is 5.78 Å². The molecule has 1 fully saturated rings. The average Bonchev–Trinajstić information content (AvgIpc) is 2.90. The summed E-state index contributed by atoms with van der Waals surface area (Å²) in [7, 11) is 0. The first-order valence-electron chi connectivity index (χ1n) is 8.00. The second-order valence-electron chi connectivity index (χ2n) is 6.71. The van der Waals surface area contributed by atoms with Crippen molar-refractivity contribution in [2.24, 2.45) is 5.92 Å². The zero-order valence-electron chi connectivity index (χ0n) is 12.9. The minimum atomic E-state index is -0.677. The van der Waals surface area contributed by atoms with Gasteiger partial charge in [-0.15, -0.1) is 0 Å². The number of nitrogens with one attached hydrogen (secondary N) is 1. The number of Topliss-reactive ketones (excluding diaryl/α,β-unsaturated/α-hetero) is 1. The van der Waals surface area contributed by atoms with Gasteiger partial charge >= 0.3 is 0 Å². The molecule has 4 heteroatoms. The summed E-state index contributed by atoms with van der Waals surface area (Å²) in [6.45, 7) is 2.17. The van der Waals surface area contributed by atoms with E-state index in [2.05, 4.69) is 11.9 Å². The molecule has 1 aromatic heterocycles. The quantitative estimate of drug-likeness (QED) is 0.801. The molecular formula is C18H22ClNO2. The standard InChI is InChI=1S/C18H22ClNO2/c1-12-4-3-8-18(22,10-12)9-7-16(21)13-11-20-15-6-2-5-14(19)17(13)15/h2,5-6,11-12,20,22H,3-4,7-10H2,1H3. The van der Waals surface area contributed by atoms with Crippen molar-refractivity contribution in [1.29, 1.82) is 0 Å². The Morgan fingerprint density at radius 3 is 3.09 bits per heavy atom. The molecule has 0 amide bonds. The minimum absolute atomic E-state index is 0.0472. The Morgan fingerprint density at radius 1 is 1.50 bits per heavy atom. The van der Waals surface area contributed by atoms with E-state index in [0.29, 0.717) is 29.3 Å².